The molecule has 2 saturated heterocycles. The Labute approximate surface area is 111 Å². The molecule has 3 fully saturated rings. The highest BCUT2D eigenvalue weighted by Gasteiger charge is 2.60. The topological polar surface area (TPSA) is 66.6 Å². The number of nitrogens with two attached hydrogens (primary N) is 1. The summed E-state index contributed by atoms with van der Waals surface area (Å²) in [6, 6.07) is 0.0976. The maximum Gasteiger partial charge on any atom is 0.233 e. The molecule has 0 spiro atoms. The number of nitrogens with zero attached hydrogens (tertiary/aromatic N) is 2. The average Bonchev–Trinajstić information content (AvgIpc) is 3.06. The minimum atomic E-state index is 0.0205. The molecule has 1 saturated carbocycles. The van der Waals surface area contributed by atoms with Crippen LogP contribution >= 0.6 is 12.2 Å². The van der Waals surface area contributed by atoms with Gasteiger partial charge in [-0.15, -0.1) is 0 Å². The lowest BCUT2D eigenvalue weighted by molar-refractivity contribution is -0.145. The lowest BCUT2D eigenvalue weighted by atomic mass is 10.0. The van der Waals surface area contributed by atoms with Crippen molar-refractivity contribution < 1.29 is 9.59 Å². The smallest absolute Gasteiger partial charge is 0.233 e. The number of carbonyl (C=O) groups excluding carboxylic acids is 2. The number of likely N-dealkylation sites (tertiary alicyclic amines) is 2. The molecule has 2 atom stereocenters. The molecule has 0 aromatic heterocycles. The van der Waals surface area contributed by atoms with E-state index in [1.165, 1.54) is 4.90 Å². The summed E-state index contributed by atoms with van der Waals surface area (Å²) >= 11 is 4.89. The SMILES string of the molecule is NC(=S)CN1CCC(N2C(=O)C3CC3C2=O)CC1. The summed E-state index contributed by atoms with van der Waals surface area (Å²) in [5.41, 5.74) is 5.52. The Bertz CT molecular complexity index is 398. The molecule has 18 heavy (non-hydrogen) atoms. The van der Waals surface area contributed by atoms with Crippen LogP contribution in [0.25, 0.3) is 0 Å². The van der Waals surface area contributed by atoms with Crippen molar-refractivity contribution in [3.63, 3.8) is 0 Å². The second-order valence-corrected chi connectivity index (χ2v) is 5.99. The van der Waals surface area contributed by atoms with Gasteiger partial charge in [-0.2, -0.15) is 0 Å². The number of fused-ring (bicyclic) bond motifs is 1. The molecule has 0 bridgehead atoms. The second-order valence-electron chi connectivity index (χ2n) is 5.47. The van der Waals surface area contributed by atoms with E-state index < -0.39 is 0 Å². The molecular formula is C12H17N3O2S. The number of imide groups is 1. The van der Waals surface area contributed by atoms with Gasteiger partial charge in [0.05, 0.1) is 16.8 Å². The number of amides is 2. The highest BCUT2D eigenvalue weighted by Crippen LogP contribution is 2.48. The first-order chi connectivity index (χ1) is 8.58. The largest absolute Gasteiger partial charge is 0.392 e. The van der Waals surface area contributed by atoms with Crippen molar-refractivity contribution in [2.24, 2.45) is 17.6 Å². The molecule has 1 aliphatic carbocycles. The minimum absolute atomic E-state index is 0.0205. The van der Waals surface area contributed by atoms with Crippen LogP contribution in [0.15, 0.2) is 0 Å². The van der Waals surface area contributed by atoms with E-state index in [4.69, 9.17) is 18.0 Å². The summed E-state index contributed by atoms with van der Waals surface area (Å²) in [6.07, 6.45) is 2.48. The Hall–Kier alpha value is -1.01. The van der Waals surface area contributed by atoms with Crippen molar-refractivity contribution in [1.82, 2.24) is 9.80 Å². The number of thiocarbonyl (C=S) groups is 1. The molecule has 2 amide bonds. The summed E-state index contributed by atoms with van der Waals surface area (Å²) in [5.74, 6) is 0.176. The van der Waals surface area contributed by atoms with Gasteiger partial charge in [0.2, 0.25) is 11.8 Å². The zero-order valence-corrected chi connectivity index (χ0v) is 11.0. The lowest BCUT2D eigenvalue weighted by Crippen LogP contribution is -2.49. The number of hydrogen-bond donors (Lipinski definition) is 1. The molecule has 2 unspecified atom stereocenters. The maximum absolute atomic E-state index is 12.0. The van der Waals surface area contributed by atoms with Crippen molar-refractivity contribution in [2.45, 2.75) is 25.3 Å². The summed E-state index contributed by atoms with van der Waals surface area (Å²) in [6.45, 7) is 2.35. The van der Waals surface area contributed by atoms with Crippen LogP contribution in [0, 0.1) is 11.8 Å². The van der Waals surface area contributed by atoms with Gasteiger partial charge in [0.25, 0.3) is 0 Å². The highest BCUT2D eigenvalue weighted by atomic mass is 32.1. The molecule has 0 radical (unpaired) electrons. The van der Waals surface area contributed by atoms with E-state index >= 15 is 0 Å². The second kappa shape index (κ2) is 4.28. The number of hydrogen-bond acceptors (Lipinski definition) is 4. The number of rotatable bonds is 3. The van der Waals surface area contributed by atoms with Gasteiger partial charge in [0, 0.05) is 25.7 Å². The zero-order chi connectivity index (χ0) is 12.9. The lowest BCUT2D eigenvalue weighted by Gasteiger charge is -2.36. The van der Waals surface area contributed by atoms with E-state index in [0.717, 1.165) is 32.4 Å². The molecular weight excluding hydrogens is 250 g/mol. The third-order valence-electron chi connectivity index (χ3n) is 4.20. The number of carbonyl (C=O) groups is 2. The number of piperidine rings is 2. The fraction of sp³-hybridized carbons (Fsp3) is 0.750. The van der Waals surface area contributed by atoms with Gasteiger partial charge in [0.15, 0.2) is 0 Å². The van der Waals surface area contributed by atoms with Gasteiger partial charge < -0.3 is 5.73 Å². The van der Waals surface area contributed by atoms with E-state index in [0.29, 0.717) is 11.5 Å². The van der Waals surface area contributed by atoms with Crippen LogP contribution in [0.1, 0.15) is 19.3 Å². The Morgan fingerprint density at radius 2 is 1.78 bits per heavy atom. The highest BCUT2D eigenvalue weighted by molar-refractivity contribution is 7.80. The van der Waals surface area contributed by atoms with Crippen molar-refractivity contribution in [1.29, 1.82) is 0 Å². The first-order valence-electron chi connectivity index (χ1n) is 6.45. The first kappa shape index (κ1) is 12.0. The maximum atomic E-state index is 12.0. The van der Waals surface area contributed by atoms with Gasteiger partial charge in [0.1, 0.15) is 0 Å². The Balaban J connectivity index is 1.58. The van der Waals surface area contributed by atoms with Crippen LogP contribution in [0.2, 0.25) is 0 Å². The molecule has 2 aliphatic heterocycles. The summed E-state index contributed by atoms with van der Waals surface area (Å²) in [5, 5.41) is 0. The van der Waals surface area contributed by atoms with Crippen molar-refractivity contribution >= 4 is 29.0 Å². The standard InChI is InChI=1S/C12H17N3O2S/c13-10(18)6-14-3-1-7(2-4-14)15-11(16)8-5-9(8)12(15)17/h7-9H,1-6H2,(H2,13,18). The average molecular weight is 267 g/mol. The molecule has 3 rings (SSSR count). The fourth-order valence-electron chi connectivity index (χ4n) is 3.12. The van der Waals surface area contributed by atoms with Crippen LogP contribution in [-0.2, 0) is 9.59 Å². The Kier molecular flexibility index (Phi) is 2.86. The molecule has 0 aromatic carbocycles. The van der Waals surface area contributed by atoms with E-state index in [1.807, 2.05) is 0 Å². The van der Waals surface area contributed by atoms with E-state index in [1.54, 1.807) is 0 Å². The summed E-state index contributed by atoms with van der Waals surface area (Å²) < 4.78 is 0. The Morgan fingerprint density at radius 3 is 2.28 bits per heavy atom. The van der Waals surface area contributed by atoms with E-state index in [-0.39, 0.29) is 29.7 Å². The van der Waals surface area contributed by atoms with Gasteiger partial charge in [-0.1, -0.05) is 12.2 Å². The van der Waals surface area contributed by atoms with Crippen LogP contribution in [-0.4, -0.2) is 52.3 Å². The predicted octanol–water partition coefficient (Wildman–Crippen LogP) is -0.258. The van der Waals surface area contributed by atoms with Crippen LogP contribution in [0.4, 0.5) is 0 Å². The third-order valence-corrected chi connectivity index (χ3v) is 4.33. The molecule has 6 heteroatoms. The molecule has 0 aromatic rings. The van der Waals surface area contributed by atoms with Crippen LogP contribution in [0.5, 0.6) is 0 Å². The van der Waals surface area contributed by atoms with Crippen LogP contribution in [0.3, 0.4) is 0 Å². The zero-order valence-electron chi connectivity index (χ0n) is 10.2. The van der Waals surface area contributed by atoms with E-state index in [9.17, 15) is 9.59 Å². The van der Waals surface area contributed by atoms with Crippen molar-refractivity contribution in [3.8, 4) is 0 Å². The van der Waals surface area contributed by atoms with Gasteiger partial charge in [-0.3, -0.25) is 19.4 Å². The molecule has 2 heterocycles. The van der Waals surface area contributed by atoms with Gasteiger partial charge >= 0.3 is 0 Å². The molecule has 3 aliphatic rings. The monoisotopic (exact) mass is 267 g/mol. The Morgan fingerprint density at radius 1 is 1.22 bits per heavy atom. The van der Waals surface area contributed by atoms with Crippen molar-refractivity contribution in [2.75, 3.05) is 19.6 Å². The molecule has 2 N–H and O–H groups in total. The quantitative estimate of drug-likeness (QED) is 0.564. The molecule has 5 nitrogen and oxygen atoms in total. The van der Waals surface area contributed by atoms with Gasteiger partial charge in [-0.05, 0) is 19.3 Å². The van der Waals surface area contributed by atoms with E-state index in [2.05, 4.69) is 4.90 Å². The summed E-state index contributed by atoms with van der Waals surface area (Å²) in [4.78, 5) is 28.2. The first-order valence-corrected chi connectivity index (χ1v) is 6.86. The predicted molar refractivity (Wildman–Crippen MR) is 69.7 cm³/mol. The van der Waals surface area contributed by atoms with Gasteiger partial charge in [-0.25, -0.2) is 0 Å². The third kappa shape index (κ3) is 1.93. The van der Waals surface area contributed by atoms with Crippen LogP contribution < -0.4 is 5.73 Å². The fourth-order valence-corrected chi connectivity index (χ4v) is 3.31. The minimum Gasteiger partial charge on any atom is -0.392 e. The van der Waals surface area contributed by atoms with Crippen molar-refractivity contribution in [3.05, 3.63) is 0 Å². The summed E-state index contributed by atoms with van der Waals surface area (Å²) in [7, 11) is 0. The normalized spacial score (nSPS) is 32.8. The molecule has 98 valence electrons.